The van der Waals surface area contributed by atoms with Crippen molar-refractivity contribution in [1.82, 2.24) is 5.43 Å². The molecule has 0 aliphatic carbocycles. The molecule has 0 heterocycles. The zero-order chi connectivity index (χ0) is 15.2. The van der Waals surface area contributed by atoms with Crippen LogP contribution in [-0.4, -0.2) is 12.9 Å². The highest BCUT2D eigenvalue weighted by Gasteiger charge is 2.17. The van der Waals surface area contributed by atoms with Crippen LogP contribution in [0.4, 0.5) is 8.78 Å². The molecule has 0 fully saturated rings. The molecule has 0 bridgehead atoms. The number of halogens is 2. The standard InChI is InChI=1S/C15H16F2N2OS/c1-20-14-7-6-10(16)8-11(14)13(19-18)9-21-15-5-3-2-4-12(15)17/h2-8,13,19H,9,18H2,1H3. The molecule has 112 valence electrons. The first-order valence-corrected chi connectivity index (χ1v) is 7.31. The lowest BCUT2D eigenvalue weighted by Gasteiger charge is -2.19. The van der Waals surface area contributed by atoms with Gasteiger partial charge in [0.05, 0.1) is 13.2 Å². The number of benzene rings is 2. The Balaban J connectivity index is 2.17. The summed E-state index contributed by atoms with van der Waals surface area (Å²) < 4.78 is 32.2. The number of rotatable bonds is 6. The molecule has 0 aromatic heterocycles. The Kier molecular flexibility index (Phi) is 5.55. The van der Waals surface area contributed by atoms with Gasteiger partial charge in [0, 0.05) is 16.2 Å². The van der Waals surface area contributed by atoms with Gasteiger partial charge in [-0.15, -0.1) is 11.8 Å². The Morgan fingerprint density at radius 3 is 2.67 bits per heavy atom. The van der Waals surface area contributed by atoms with Gasteiger partial charge in [0.1, 0.15) is 17.4 Å². The maximum absolute atomic E-state index is 13.6. The Hall–Kier alpha value is -1.63. The fourth-order valence-electron chi connectivity index (χ4n) is 1.94. The average molecular weight is 310 g/mol. The van der Waals surface area contributed by atoms with E-state index in [4.69, 9.17) is 10.6 Å². The maximum Gasteiger partial charge on any atom is 0.136 e. The number of ether oxygens (including phenoxy) is 1. The van der Waals surface area contributed by atoms with E-state index in [1.54, 1.807) is 24.3 Å². The maximum atomic E-state index is 13.6. The first-order chi connectivity index (χ1) is 10.2. The van der Waals surface area contributed by atoms with E-state index in [9.17, 15) is 8.78 Å². The molecule has 0 spiro atoms. The van der Waals surface area contributed by atoms with Gasteiger partial charge in [-0.3, -0.25) is 11.3 Å². The summed E-state index contributed by atoms with van der Waals surface area (Å²) in [6.45, 7) is 0. The van der Waals surface area contributed by atoms with E-state index < -0.39 is 0 Å². The third kappa shape index (κ3) is 3.93. The van der Waals surface area contributed by atoms with E-state index in [1.807, 2.05) is 0 Å². The van der Waals surface area contributed by atoms with Gasteiger partial charge in [-0.1, -0.05) is 12.1 Å². The van der Waals surface area contributed by atoms with Crippen molar-refractivity contribution in [3.63, 3.8) is 0 Å². The quantitative estimate of drug-likeness (QED) is 0.488. The van der Waals surface area contributed by atoms with Gasteiger partial charge in [0.25, 0.3) is 0 Å². The molecule has 0 saturated carbocycles. The van der Waals surface area contributed by atoms with Crippen molar-refractivity contribution < 1.29 is 13.5 Å². The first-order valence-electron chi connectivity index (χ1n) is 6.32. The molecular weight excluding hydrogens is 294 g/mol. The second-order valence-electron chi connectivity index (χ2n) is 4.35. The van der Waals surface area contributed by atoms with Crippen molar-refractivity contribution in [3.05, 3.63) is 59.7 Å². The highest BCUT2D eigenvalue weighted by molar-refractivity contribution is 7.99. The molecule has 2 rings (SSSR count). The van der Waals surface area contributed by atoms with Crippen LogP contribution in [0.5, 0.6) is 5.75 Å². The first kappa shape index (κ1) is 15.8. The average Bonchev–Trinajstić information content (AvgIpc) is 2.50. The zero-order valence-corrected chi connectivity index (χ0v) is 12.3. The highest BCUT2D eigenvalue weighted by atomic mass is 32.2. The van der Waals surface area contributed by atoms with Crippen molar-refractivity contribution in [2.24, 2.45) is 5.84 Å². The third-order valence-corrected chi connectivity index (χ3v) is 4.15. The summed E-state index contributed by atoms with van der Waals surface area (Å²) >= 11 is 1.30. The molecule has 3 N–H and O–H groups in total. The lowest BCUT2D eigenvalue weighted by atomic mass is 10.1. The predicted octanol–water partition coefficient (Wildman–Crippen LogP) is 3.27. The smallest absolute Gasteiger partial charge is 0.136 e. The van der Waals surface area contributed by atoms with Gasteiger partial charge in [-0.25, -0.2) is 8.78 Å². The predicted molar refractivity (Wildman–Crippen MR) is 80.1 cm³/mol. The number of nitrogens with one attached hydrogen (secondary N) is 1. The van der Waals surface area contributed by atoms with Gasteiger partial charge in [-0.05, 0) is 30.3 Å². The minimum absolute atomic E-state index is 0.288. The Bertz CT molecular complexity index is 610. The summed E-state index contributed by atoms with van der Waals surface area (Å²) in [5.41, 5.74) is 3.22. The molecular formula is C15H16F2N2OS. The SMILES string of the molecule is COc1ccc(F)cc1C(CSc1ccccc1F)NN. The minimum Gasteiger partial charge on any atom is -0.496 e. The van der Waals surface area contributed by atoms with Gasteiger partial charge in [0.15, 0.2) is 0 Å². The molecule has 0 saturated heterocycles. The van der Waals surface area contributed by atoms with Gasteiger partial charge >= 0.3 is 0 Å². The van der Waals surface area contributed by atoms with E-state index in [0.29, 0.717) is 22.0 Å². The van der Waals surface area contributed by atoms with Crippen LogP contribution in [0.1, 0.15) is 11.6 Å². The van der Waals surface area contributed by atoms with E-state index in [-0.39, 0.29) is 17.7 Å². The summed E-state index contributed by atoms with van der Waals surface area (Å²) in [5.74, 6) is 5.86. The molecule has 3 nitrogen and oxygen atoms in total. The van der Waals surface area contributed by atoms with Gasteiger partial charge in [-0.2, -0.15) is 0 Å². The van der Waals surface area contributed by atoms with Crippen molar-refractivity contribution in [2.75, 3.05) is 12.9 Å². The summed E-state index contributed by atoms with van der Waals surface area (Å²) in [6.07, 6.45) is 0. The summed E-state index contributed by atoms with van der Waals surface area (Å²) in [5, 5.41) is 0. The molecule has 1 atom stereocenters. The Labute approximate surface area is 126 Å². The fraction of sp³-hybridized carbons (Fsp3) is 0.200. The van der Waals surface area contributed by atoms with Crippen LogP contribution in [0, 0.1) is 11.6 Å². The largest absolute Gasteiger partial charge is 0.496 e. The van der Waals surface area contributed by atoms with Crippen LogP contribution in [0.25, 0.3) is 0 Å². The van der Waals surface area contributed by atoms with Gasteiger partial charge in [0.2, 0.25) is 0 Å². The number of nitrogens with two attached hydrogens (primary N) is 1. The molecule has 21 heavy (non-hydrogen) atoms. The van der Waals surface area contributed by atoms with E-state index in [2.05, 4.69) is 5.43 Å². The third-order valence-electron chi connectivity index (χ3n) is 3.01. The van der Waals surface area contributed by atoms with Crippen LogP contribution in [0.2, 0.25) is 0 Å². The molecule has 6 heteroatoms. The normalized spacial score (nSPS) is 12.2. The van der Waals surface area contributed by atoms with Crippen molar-refractivity contribution in [3.8, 4) is 5.75 Å². The number of hydrogen-bond donors (Lipinski definition) is 2. The minimum atomic E-state index is -0.373. The number of hydrogen-bond acceptors (Lipinski definition) is 4. The lowest BCUT2D eigenvalue weighted by molar-refractivity contribution is 0.401. The van der Waals surface area contributed by atoms with Crippen LogP contribution in [-0.2, 0) is 0 Å². The number of hydrazine groups is 1. The highest BCUT2D eigenvalue weighted by Crippen LogP contribution is 2.31. The lowest BCUT2D eigenvalue weighted by Crippen LogP contribution is -2.30. The molecule has 2 aromatic carbocycles. The topological polar surface area (TPSA) is 47.3 Å². The Morgan fingerprint density at radius 1 is 1.24 bits per heavy atom. The number of methoxy groups -OCH3 is 1. The van der Waals surface area contributed by atoms with E-state index in [0.717, 1.165) is 0 Å². The van der Waals surface area contributed by atoms with Crippen molar-refractivity contribution in [2.45, 2.75) is 10.9 Å². The van der Waals surface area contributed by atoms with E-state index in [1.165, 1.54) is 37.1 Å². The number of thioether (sulfide) groups is 1. The monoisotopic (exact) mass is 310 g/mol. The second kappa shape index (κ2) is 7.40. The van der Waals surface area contributed by atoms with Gasteiger partial charge < -0.3 is 4.74 Å². The van der Waals surface area contributed by atoms with Crippen molar-refractivity contribution >= 4 is 11.8 Å². The summed E-state index contributed by atoms with van der Waals surface area (Å²) in [4.78, 5) is 0.521. The van der Waals surface area contributed by atoms with E-state index >= 15 is 0 Å². The Morgan fingerprint density at radius 2 is 2.00 bits per heavy atom. The van der Waals surface area contributed by atoms with Crippen LogP contribution >= 0.6 is 11.8 Å². The summed E-state index contributed by atoms with van der Waals surface area (Å²) in [7, 11) is 1.51. The fourth-order valence-corrected chi connectivity index (χ4v) is 2.94. The molecule has 2 aromatic rings. The van der Waals surface area contributed by atoms with Crippen molar-refractivity contribution in [1.29, 1.82) is 0 Å². The molecule has 0 amide bonds. The zero-order valence-electron chi connectivity index (χ0n) is 11.5. The molecule has 0 aliphatic heterocycles. The summed E-state index contributed by atoms with van der Waals surface area (Å²) in [6, 6.07) is 10.4. The van der Waals surface area contributed by atoms with Crippen LogP contribution in [0.15, 0.2) is 47.4 Å². The molecule has 0 aliphatic rings. The molecule has 1 unspecified atom stereocenters. The molecule has 0 radical (unpaired) electrons. The van der Waals surface area contributed by atoms with Crippen LogP contribution < -0.4 is 16.0 Å². The second-order valence-corrected chi connectivity index (χ2v) is 5.41. The van der Waals surface area contributed by atoms with Crippen LogP contribution in [0.3, 0.4) is 0 Å².